The highest BCUT2D eigenvalue weighted by atomic mass is 16.6. The second-order valence-corrected chi connectivity index (χ2v) is 4.64. The van der Waals surface area contributed by atoms with Gasteiger partial charge in [-0.3, -0.25) is 0 Å². The molecule has 0 aromatic heterocycles. The molecule has 0 N–H and O–H groups in total. The van der Waals surface area contributed by atoms with E-state index in [-0.39, 0.29) is 30.3 Å². The summed E-state index contributed by atoms with van der Waals surface area (Å²) in [6, 6.07) is 0. The van der Waals surface area contributed by atoms with Gasteiger partial charge in [-0.25, -0.2) is 0 Å². The van der Waals surface area contributed by atoms with Gasteiger partial charge in [0.05, 0.1) is 32.0 Å². The van der Waals surface area contributed by atoms with E-state index in [2.05, 4.69) is 0 Å². The number of hydrogen-bond acceptors (Lipinski definition) is 6. The van der Waals surface area contributed by atoms with Crippen LogP contribution in [0.25, 0.3) is 0 Å². The molecule has 0 aliphatic carbocycles. The Kier molecular flexibility index (Phi) is 7.82. The predicted octanol–water partition coefficient (Wildman–Crippen LogP) is 0.339. The van der Waals surface area contributed by atoms with E-state index in [0.29, 0.717) is 19.8 Å². The predicted molar refractivity (Wildman–Crippen MR) is 69.4 cm³/mol. The summed E-state index contributed by atoms with van der Waals surface area (Å²) in [5.74, 6) is 0.0630. The molecule has 0 aromatic rings. The zero-order valence-electron chi connectivity index (χ0n) is 12.5. The van der Waals surface area contributed by atoms with Crippen LogP contribution >= 0.6 is 0 Å². The molecule has 5 atom stereocenters. The molecule has 0 aromatic carbocycles. The van der Waals surface area contributed by atoms with Crippen LogP contribution in [0.1, 0.15) is 0 Å². The zero-order valence-corrected chi connectivity index (χ0v) is 12.5. The summed E-state index contributed by atoms with van der Waals surface area (Å²) in [5.41, 5.74) is 0. The first kappa shape index (κ1) is 16.8. The van der Waals surface area contributed by atoms with Crippen molar-refractivity contribution >= 4 is 0 Å². The number of ether oxygens (including phenoxy) is 6. The second-order valence-electron chi connectivity index (χ2n) is 4.64. The Bertz CT molecular complexity index is 237. The number of rotatable bonds is 8. The standard InChI is InChI=1S/C13H26O6/c1-14-6-9-10(7-15-2)19-11(8-16-3)13(18-5)12(9)17-4/h9-13H,6-8H2,1-5H3/t9-,10?,11-,12-,13?/m1/s1. The first-order valence-corrected chi connectivity index (χ1v) is 6.41. The van der Waals surface area contributed by atoms with Crippen molar-refractivity contribution in [2.45, 2.75) is 24.4 Å². The van der Waals surface area contributed by atoms with E-state index in [1.165, 1.54) is 0 Å². The normalized spacial score (nSPS) is 35.5. The fourth-order valence-electron chi connectivity index (χ4n) is 2.68. The lowest BCUT2D eigenvalue weighted by Crippen LogP contribution is -2.59. The maximum atomic E-state index is 6.03. The molecular formula is C13H26O6. The third kappa shape index (κ3) is 4.11. The van der Waals surface area contributed by atoms with Gasteiger partial charge in [0.15, 0.2) is 0 Å². The van der Waals surface area contributed by atoms with Gasteiger partial charge >= 0.3 is 0 Å². The first-order valence-electron chi connectivity index (χ1n) is 6.41. The third-order valence-electron chi connectivity index (χ3n) is 3.50. The molecule has 6 heteroatoms. The summed E-state index contributed by atoms with van der Waals surface area (Å²) >= 11 is 0. The average molecular weight is 278 g/mol. The van der Waals surface area contributed by atoms with E-state index in [1.807, 2.05) is 0 Å². The fraction of sp³-hybridized carbons (Fsp3) is 1.00. The molecule has 2 unspecified atom stereocenters. The molecule has 1 rings (SSSR count). The molecule has 1 aliphatic rings. The Labute approximate surface area is 115 Å². The van der Waals surface area contributed by atoms with E-state index in [1.54, 1.807) is 35.5 Å². The Morgan fingerprint density at radius 2 is 1.21 bits per heavy atom. The van der Waals surface area contributed by atoms with Crippen LogP contribution in [0.4, 0.5) is 0 Å². The molecule has 0 saturated carbocycles. The van der Waals surface area contributed by atoms with Gasteiger partial charge in [-0.1, -0.05) is 0 Å². The summed E-state index contributed by atoms with van der Waals surface area (Å²) in [4.78, 5) is 0. The minimum atomic E-state index is -0.182. The summed E-state index contributed by atoms with van der Waals surface area (Å²) in [7, 11) is 8.30. The molecule has 0 radical (unpaired) electrons. The first-order chi connectivity index (χ1) is 9.23. The highest BCUT2D eigenvalue weighted by molar-refractivity contribution is 4.93. The third-order valence-corrected chi connectivity index (χ3v) is 3.50. The van der Waals surface area contributed by atoms with Crippen LogP contribution in [0.3, 0.4) is 0 Å². The number of hydrogen-bond donors (Lipinski definition) is 0. The molecule has 0 spiro atoms. The fourth-order valence-corrected chi connectivity index (χ4v) is 2.68. The SMILES string of the molecule is COCC1O[C@H](COC)C(OC)[C@H](OC)[C@@H]1COC. The Balaban J connectivity index is 2.87. The summed E-state index contributed by atoms with van der Waals surface area (Å²) in [6.45, 7) is 1.48. The lowest BCUT2D eigenvalue weighted by atomic mass is 9.87. The van der Waals surface area contributed by atoms with Crippen LogP contribution in [0, 0.1) is 5.92 Å². The summed E-state index contributed by atoms with van der Waals surface area (Å²) in [6.07, 6.45) is -0.563. The largest absolute Gasteiger partial charge is 0.384 e. The van der Waals surface area contributed by atoms with Gasteiger partial charge in [-0.05, 0) is 0 Å². The van der Waals surface area contributed by atoms with Crippen molar-refractivity contribution in [3.8, 4) is 0 Å². The molecule has 0 amide bonds. The van der Waals surface area contributed by atoms with E-state index in [9.17, 15) is 0 Å². The van der Waals surface area contributed by atoms with E-state index >= 15 is 0 Å². The topological polar surface area (TPSA) is 55.4 Å². The van der Waals surface area contributed by atoms with Crippen LogP contribution in [0.5, 0.6) is 0 Å². The smallest absolute Gasteiger partial charge is 0.112 e. The van der Waals surface area contributed by atoms with Gasteiger partial charge in [-0.2, -0.15) is 0 Å². The minimum Gasteiger partial charge on any atom is -0.384 e. The van der Waals surface area contributed by atoms with Crippen molar-refractivity contribution in [3.05, 3.63) is 0 Å². The maximum Gasteiger partial charge on any atom is 0.112 e. The van der Waals surface area contributed by atoms with E-state index in [4.69, 9.17) is 28.4 Å². The molecule has 1 saturated heterocycles. The van der Waals surface area contributed by atoms with Crippen molar-refractivity contribution in [1.29, 1.82) is 0 Å². The monoisotopic (exact) mass is 278 g/mol. The molecule has 6 nitrogen and oxygen atoms in total. The van der Waals surface area contributed by atoms with Crippen LogP contribution in [0.15, 0.2) is 0 Å². The summed E-state index contributed by atoms with van der Waals surface area (Å²) < 4.78 is 32.9. The molecule has 1 fully saturated rings. The molecule has 1 heterocycles. The van der Waals surface area contributed by atoms with Crippen molar-refractivity contribution in [1.82, 2.24) is 0 Å². The van der Waals surface area contributed by atoms with Gasteiger partial charge in [0.2, 0.25) is 0 Å². The van der Waals surface area contributed by atoms with Gasteiger partial charge in [0.25, 0.3) is 0 Å². The molecule has 114 valence electrons. The van der Waals surface area contributed by atoms with Crippen LogP contribution in [-0.4, -0.2) is 79.8 Å². The van der Waals surface area contributed by atoms with Crippen molar-refractivity contribution < 1.29 is 28.4 Å². The Morgan fingerprint density at radius 1 is 0.684 bits per heavy atom. The lowest BCUT2D eigenvalue weighted by Gasteiger charge is -2.45. The van der Waals surface area contributed by atoms with Crippen LogP contribution in [0.2, 0.25) is 0 Å². The van der Waals surface area contributed by atoms with Crippen molar-refractivity contribution in [2.75, 3.05) is 55.4 Å². The highest BCUT2D eigenvalue weighted by Crippen LogP contribution is 2.30. The van der Waals surface area contributed by atoms with Crippen molar-refractivity contribution in [3.63, 3.8) is 0 Å². The number of methoxy groups -OCH3 is 5. The minimum absolute atomic E-state index is 0.0630. The van der Waals surface area contributed by atoms with Crippen LogP contribution < -0.4 is 0 Å². The van der Waals surface area contributed by atoms with Gasteiger partial charge in [-0.15, -0.1) is 0 Å². The molecule has 0 bridgehead atoms. The second kappa shape index (κ2) is 8.84. The Morgan fingerprint density at radius 3 is 1.68 bits per heavy atom. The van der Waals surface area contributed by atoms with Crippen LogP contribution in [-0.2, 0) is 28.4 Å². The van der Waals surface area contributed by atoms with Gasteiger partial charge in [0.1, 0.15) is 12.2 Å². The maximum absolute atomic E-state index is 6.03. The summed E-state index contributed by atoms with van der Waals surface area (Å²) in [5, 5.41) is 0. The van der Waals surface area contributed by atoms with Gasteiger partial charge in [0, 0.05) is 41.5 Å². The molecular weight excluding hydrogens is 252 g/mol. The quantitative estimate of drug-likeness (QED) is 0.638. The van der Waals surface area contributed by atoms with E-state index < -0.39 is 0 Å². The van der Waals surface area contributed by atoms with Crippen molar-refractivity contribution in [2.24, 2.45) is 5.92 Å². The Hall–Kier alpha value is -0.240. The zero-order chi connectivity index (χ0) is 14.3. The van der Waals surface area contributed by atoms with E-state index in [0.717, 1.165) is 0 Å². The van der Waals surface area contributed by atoms with Gasteiger partial charge < -0.3 is 28.4 Å². The highest BCUT2D eigenvalue weighted by Gasteiger charge is 2.46. The average Bonchev–Trinajstić information content (AvgIpc) is 2.41. The molecule has 1 aliphatic heterocycles. The molecule has 19 heavy (non-hydrogen) atoms. The lowest BCUT2D eigenvalue weighted by molar-refractivity contribution is -0.240.